The number of ketones is 1. The van der Waals surface area contributed by atoms with Crippen molar-refractivity contribution in [3.05, 3.63) is 70.8 Å². The lowest BCUT2D eigenvalue weighted by Gasteiger charge is -2.06. The maximum absolute atomic E-state index is 12.2. The summed E-state index contributed by atoms with van der Waals surface area (Å²) in [6.07, 6.45) is 0.736. The van der Waals surface area contributed by atoms with Gasteiger partial charge in [-0.05, 0) is 23.6 Å². The summed E-state index contributed by atoms with van der Waals surface area (Å²) < 4.78 is 0. The molecule has 0 fully saturated rings. The number of aliphatic hydroxyl groups excluding tert-OH is 1. The molecule has 2 aromatic rings. The van der Waals surface area contributed by atoms with Gasteiger partial charge in [0, 0.05) is 18.6 Å². The van der Waals surface area contributed by atoms with Gasteiger partial charge in [-0.2, -0.15) is 0 Å². The van der Waals surface area contributed by atoms with Crippen LogP contribution in [0.4, 0.5) is 0 Å². The topological polar surface area (TPSA) is 74.6 Å². The normalized spacial score (nSPS) is 10.3. The standard InChI is InChI=1S/C17H16O4/c18-10-9-12-5-7-13(8-6-12)11-16(19)14-3-1-2-4-15(14)17(20)21/h1-8,18H,9-11H2,(H,20,21). The van der Waals surface area contributed by atoms with E-state index in [9.17, 15) is 9.59 Å². The number of hydrogen-bond donors (Lipinski definition) is 2. The molecule has 0 aromatic heterocycles. The van der Waals surface area contributed by atoms with Gasteiger partial charge < -0.3 is 10.2 Å². The third kappa shape index (κ3) is 3.77. The summed E-state index contributed by atoms with van der Waals surface area (Å²) in [5.41, 5.74) is 2.07. The molecule has 0 atom stereocenters. The molecule has 0 saturated heterocycles. The molecule has 2 N–H and O–H groups in total. The Morgan fingerprint density at radius 1 is 0.857 bits per heavy atom. The van der Waals surface area contributed by atoms with E-state index in [4.69, 9.17) is 10.2 Å². The minimum absolute atomic E-state index is 0.0272. The van der Waals surface area contributed by atoms with Gasteiger partial charge in [0.2, 0.25) is 0 Å². The van der Waals surface area contributed by atoms with Gasteiger partial charge in [-0.1, -0.05) is 42.5 Å². The van der Waals surface area contributed by atoms with Crippen LogP contribution in [0, 0.1) is 0 Å². The Bertz CT molecular complexity index is 644. The monoisotopic (exact) mass is 284 g/mol. The number of aliphatic hydroxyl groups is 1. The quantitative estimate of drug-likeness (QED) is 0.798. The van der Waals surface area contributed by atoms with Crippen molar-refractivity contribution in [3.63, 3.8) is 0 Å². The molecule has 0 unspecified atom stereocenters. The summed E-state index contributed by atoms with van der Waals surface area (Å²) in [6.45, 7) is 0.0876. The van der Waals surface area contributed by atoms with Crippen LogP contribution in [0.3, 0.4) is 0 Å². The molecule has 0 aliphatic rings. The number of hydrogen-bond acceptors (Lipinski definition) is 3. The fourth-order valence-corrected chi connectivity index (χ4v) is 2.15. The summed E-state index contributed by atoms with van der Waals surface area (Å²) in [6, 6.07) is 13.6. The number of carboxylic acid groups (broad SMARTS) is 1. The first-order valence-electron chi connectivity index (χ1n) is 6.66. The van der Waals surface area contributed by atoms with Crippen LogP contribution in [0.1, 0.15) is 31.8 Å². The highest BCUT2D eigenvalue weighted by Gasteiger charge is 2.15. The molecular formula is C17H16O4. The number of carbonyl (C=O) groups excluding carboxylic acids is 1. The average molecular weight is 284 g/mol. The summed E-state index contributed by atoms with van der Waals surface area (Å²) in [5, 5.41) is 18.0. The second-order valence-electron chi connectivity index (χ2n) is 4.74. The molecule has 4 nitrogen and oxygen atoms in total. The highest BCUT2D eigenvalue weighted by atomic mass is 16.4. The molecule has 2 rings (SSSR count). The van der Waals surface area contributed by atoms with E-state index in [1.165, 1.54) is 12.1 Å². The van der Waals surface area contributed by atoms with Gasteiger partial charge in [0.25, 0.3) is 0 Å². The van der Waals surface area contributed by atoms with Crippen molar-refractivity contribution in [2.24, 2.45) is 0 Å². The smallest absolute Gasteiger partial charge is 0.336 e. The zero-order valence-corrected chi connectivity index (χ0v) is 11.5. The Hall–Kier alpha value is -2.46. The Kier molecular flexibility index (Phi) is 4.85. The van der Waals surface area contributed by atoms with Crippen molar-refractivity contribution in [3.8, 4) is 0 Å². The van der Waals surface area contributed by atoms with Crippen molar-refractivity contribution in [1.82, 2.24) is 0 Å². The first kappa shape index (κ1) is 14.9. The molecule has 0 bridgehead atoms. The molecule has 108 valence electrons. The van der Waals surface area contributed by atoms with E-state index in [-0.39, 0.29) is 29.9 Å². The van der Waals surface area contributed by atoms with Gasteiger partial charge >= 0.3 is 5.97 Å². The molecule has 21 heavy (non-hydrogen) atoms. The Morgan fingerprint density at radius 2 is 1.43 bits per heavy atom. The van der Waals surface area contributed by atoms with Gasteiger partial charge in [-0.25, -0.2) is 4.79 Å². The average Bonchev–Trinajstić information content (AvgIpc) is 2.49. The lowest BCUT2D eigenvalue weighted by atomic mass is 9.98. The fourth-order valence-electron chi connectivity index (χ4n) is 2.15. The van der Waals surface area contributed by atoms with Crippen LogP contribution in [0.25, 0.3) is 0 Å². The van der Waals surface area contributed by atoms with E-state index in [0.29, 0.717) is 6.42 Å². The Labute approximate surface area is 122 Å². The maximum atomic E-state index is 12.2. The highest BCUT2D eigenvalue weighted by Crippen LogP contribution is 2.14. The van der Waals surface area contributed by atoms with Crippen molar-refractivity contribution >= 4 is 11.8 Å². The van der Waals surface area contributed by atoms with Gasteiger partial charge in [-0.3, -0.25) is 4.79 Å². The second-order valence-corrected chi connectivity index (χ2v) is 4.74. The van der Waals surface area contributed by atoms with Crippen molar-refractivity contribution in [2.45, 2.75) is 12.8 Å². The molecular weight excluding hydrogens is 268 g/mol. The predicted molar refractivity (Wildman–Crippen MR) is 78.7 cm³/mol. The summed E-state index contributed by atoms with van der Waals surface area (Å²) in [4.78, 5) is 23.4. The van der Waals surface area contributed by atoms with E-state index in [1.54, 1.807) is 12.1 Å². The van der Waals surface area contributed by atoms with Crippen LogP contribution in [-0.4, -0.2) is 28.6 Å². The molecule has 0 heterocycles. The largest absolute Gasteiger partial charge is 0.478 e. The molecule has 4 heteroatoms. The Balaban J connectivity index is 2.16. The molecule has 0 aliphatic heterocycles. The number of benzene rings is 2. The van der Waals surface area contributed by atoms with Crippen molar-refractivity contribution < 1.29 is 19.8 Å². The first-order valence-corrected chi connectivity index (χ1v) is 6.66. The number of carbonyl (C=O) groups is 2. The number of aromatic carboxylic acids is 1. The molecule has 0 aliphatic carbocycles. The second kappa shape index (κ2) is 6.81. The lowest BCUT2D eigenvalue weighted by molar-refractivity contribution is 0.0692. The van der Waals surface area contributed by atoms with E-state index < -0.39 is 5.97 Å². The zero-order chi connectivity index (χ0) is 15.2. The third-order valence-electron chi connectivity index (χ3n) is 3.25. The van der Waals surface area contributed by atoms with Crippen molar-refractivity contribution in [1.29, 1.82) is 0 Å². The maximum Gasteiger partial charge on any atom is 0.336 e. The predicted octanol–water partition coefficient (Wildman–Crippen LogP) is 2.35. The van der Waals surface area contributed by atoms with Crippen LogP contribution in [-0.2, 0) is 12.8 Å². The van der Waals surface area contributed by atoms with E-state index in [0.717, 1.165) is 11.1 Å². The van der Waals surface area contributed by atoms with Gasteiger partial charge in [0.15, 0.2) is 5.78 Å². The molecule has 0 saturated carbocycles. The molecule has 0 spiro atoms. The van der Waals surface area contributed by atoms with E-state index in [1.807, 2.05) is 24.3 Å². The highest BCUT2D eigenvalue weighted by molar-refractivity contribution is 6.06. The van der Waals surface area contributed by atoms with Crippen molar-refractivity contribution in [2.75, 3.05) is 6.61 Å². The lowest BCUT2D eigenvalue weighted by Crippen LogP contribution is -2.10. The number of rotatable bonds is 6. The van der Waals surface area contributed by atoms with Crippen LogP contribution in [0.2, 0.25) is 0 Å². The fraction of sp³-hybridized carbons (Fsp3) is 0.176. The molecule has 0 radical (unpaired) electrons. The summed E-state index contributed by atoms with van der Waals surface area (Å²) in [7, 11) is 0. The minimum atomic E-state index is -1.10. The van der Waals surface area contributed by atoms with Crippen LogP contribution >= 0.6 is 0 Å². The van der Waals surface area contributed by atoms with E-state index in [2.05, 4.69) is 0 Å². The first-order chi connectivity index (χ1) is 10.1. The van der Waals surface area contributed by atoms with Gasteiger partial charge in [0.1, 0.15) is 0 Å². The minimum Gasteiger partial charge on any atom is -0.478 e. The summed E-state index contributed by atoms with van der Waals surface area (Å²) in [5.74, 6) is -1.32. The number of Topliss-reactive ketones (excluding diaryl/α,β-unsaturated/α-hetero) is 1. The van der Waals surface area contributed by atoms with Crippen LogP contribution < -0.4 is 0 Å². The summed E-state index contributed by atoms with van der Waals surface area (Å²) >= 11 is 0. The van der Waals surface area contributed by atoms with E-state index >= 15 is 0 Å². The third-order valence-corrected chi connectivity index (χ3v) is 3.25. The molecule has 0 amide bonds. The van der Waals surface area contributed by atoms with Crippen LogP contribution in [0.15, 0.2) is 48.5 Å². The Morgan fingerprint density at radius 3 is 2.00 bits per heavy atom. The molecule has 2 aromatic carbocycles. The SMILES string of the molecule is O=C(O)c1ccccc1C(=O)Cc1ccc(CCO)cc1. The number of carboxylic acids is 1. The van der Waals surface area contributed by atoms with Crippen LogP contribution in [0.5, 0.6) is 0 Å². The zero-order valence-electron chi connectivity index (χ0n) is 11.5. The van der Waals surface area contributed by atoms with Gasteiger partial charge in [-0.15, -0.1) is 0 Å². The van der Waals surface area contributed by atoms with Gasteiger partial charge in [0.05, 0.1) is 5.56 Å².